The van der Waals surface area contributed by atoms with Crippen LogP contribution in [0.1, 0.15) is 71.4 Å². The largest absolute Gasteiger partial charge is 0.447 e. The Hall–Kier alpha value is -4.29. The third-order valence-corrected chi connectivity index (χ3v) is 7.05. The van der Waals surface area contributed by atoms with E-state index in [1.54, 1.807) is 0 Å². The summed E-state index contributed by atoms with van der Waals surface area (Å²) in [7, 11) is 0. The number of rotatable bonds is 20. The van der Waals surface area contributed by atoms with Crippen molar-refractivity contribution in [2.45, 2.75) is 89.3 Å². The van der Waals surface area contributed by atoms with E-state index in [1.807, 2.05) is 17.1 Å². The van der Waals surface area contributed by atoms with Crippen molar-refractivity contribution in [2.24, 2.45) is 0 Å². The van der Waals surface area contributed by atoms with Crippen LogP contribution in [0, 0.1) is 0 Å². The summed E-state index contributed by atoms with van der Waals surface area (Å²) < 4.78 is 26.5. The van der Waals surface area contributed by atoms with E-state index in [2.05, 4.69) is 78.3 Å². The van der Waals surface area contributed by atoms with Crippen LogP contribution in [0.15, 0.2) is 94.8 Å². The molecule has 1 aromatic rings. The number of hydrogen-bond donors (Lipinski definition) is 4. The van der Waals surface area contributed by atoms with Crippen molar-refractivity contribution >= 4 is 12.0 Å². The average Bonchev–Trinajstić information content (AvgIpc) is 3.26. The SMILES string of the molecule is CC/C=C\C/C=C\C/C=C\C/C=C\C/C=C\C/C=C\CCC(=O)NCCNC(=O)OC[C@H]1O[C@@H](n2ccc(=O)[nH]c2=O)[C@](C)(F)[C@@H]1O. The van der Waals surface area contributed by atoms with Gasteiger partial charge in [-0.2, -0.15) is 0 Å². The molecule has 2 rings (SSSR count). The normalized spacial score (nSPS) is 21.7. The van der Waals surface area contributed by atoms with Gasteiger partial charge in [0, 0.05) is 31.8 Å². The molecule has 0 aromatic carbocycles. The molecule has 1 fully saturated rings. The Balaban J connectivity index is 1.50. The van der Waals surface area contributed by atoms with Crippen LogP contribution in [-0.4, -0.2) is 64.2 Å². The molecule has 1 saturated heterocycles. The highest BCUT2D eigenvalue weighted by Crippen LogP contribution is 2.40. The predicted molar refractivity (Wildman–Crippen MR) is 181 cm³/mol. The number of alkyl carbamates (subject to hydrolysis) is 1. The van der Waals surface area contributed by atoms with Crippen molar-refractivity contribution in [3.05, 3.63) is 106 Å². The van der Waals surface area contributed by atoms with Gasteiger partial charge in [0.2, 0.25) is 5.91 Å². The first kappa shape index (κ1) is 38.9. The Morgan fingerprint density at radius 1 is 0.936 bits per heavy atom. The highest BCUT2D eigenvalue weighted by atomic mass is 19.1. The van der Waals surface area contributed by atoms with E-state index >= 15 is 4.39 Å². The van der Waals surface area contributed by atoms with Crippen molar-refractivity contribution in [1.82, 2.24) is 20.2 Å². The summed E-state index contributed by atoms with van der Waals surface area (Å²) in [5.41, 5.74) is -3.97. The van der Waals surface area contributed by atoms with E-state index < -0.39 is 48.1 Å². The molecule has 0 saturated carbocycles. The van der Waals surface area contributed by atoms with Gasteiger partial charge in [-0.25, -0.2) is 14.0 Å². The van der Waals surface area contributed by atoms with Gasteiger partial charge in [-0.3, -0.25) is 19.1 Å². The Labute approximate surface area is 275 Å². The maximum Gasteiger partial charge on any atom is 0.407 e. The fourth-order valence-corrected chi connectivity index (χ4v) is 4.48. The summed E-state index contributed by atoms with van der Waals surface area (Å²) in [6.07, 6.45) is 27.7. The van der Waals surface area contributed by atoms with E-state index in [-0.39, 0.29) is 19.0 Å². The molecular formula is C35H49FN4O7. The van der Waals surface area contributed by atoms with Crippen molar-refractivity contribution in [3.63, 3.8) is 0 Å². The number of aromatic amines is 1. The lowest BCUT2D eigenvalue weighted by molar-refractivity contribution is -0.120. The number of amides is 2. The molecule has 0 bridgehead atoms. The molecule has 2 amide bonds. The molecule has 0 aliphatic carbocycles. The van der Waals surface area contributed by atoms with Gasteiger partial charge in [-0.15, -0.1) is 0 Å². The number of ether oxygens (including phenoxy) is 2. The Morgan fingerprint density at radius 3 is 2.02 bits per heavy atom. The highest BCUT2D eigenvalue weighted by Gasteiger charge is 2.55. The van der Waals surface area contributed by atoms with Crippen LogP contribution in [0.4, 0.5) is 9.18 Å². The van der Waals surface area contributed by atoms with Crippen LogP contribution < -0.4 is 21.9 Å². The standard InChI is InChI=1S/C35H49FN4O7/c1-3-4-5-6-7-8-9-10-11-12-13-14-15-16-17-18-19-20-21-22-29(41)37-24-25-38-34(45)46-27-28-31(43)35(2,36)32(47-28)40-26-23-30(42)39-33(40)44/h4-5,7-8,10-11,13-14,16-17,19-20,23,26,28,31-32,43H,3,6,9,12,15,18,21-22,24-25,27H2,1-2H3,(H,37,41)(H,38,45)(H,39,42,44)/b5-4-,8-7-,11-10-,14-13-,17-16-,20-19-/t28-,31-,32-,35-/m1/s1. The lowest BCUT2D eigenvalue weighted by Crippen LogP contribution is -2.44. The summed E-state index contributed by atoms with van der Waals surface area (Å²) in [5, 5.41) is 15.5. The molecule has 4 N–H and O–H groups in total. The van der Waals surface area contributed by atoms with E-state index in [4.69, 9.17) is 9.47 Å². The van der Waals surface area contributed by atoms with Gasteiger partial charge in [0.15, 0.2) is 11.9 Å². The van der Waals surface area contributed by atoms with E-state index in [1.165, 1.54) is 0 Å². The number of carbonyl (C=O) groups is 2. The first-order valence-electron chi connectivity index (χ1n) is 16.1. The fourth-order valence-electron chi connectivity index (χ4n) is 4.48. The van der Waals surface area contributed by atoms with Gasteiger partial charge in [0.25, 0.3) is 5.56 Å². The second kappa shape index (κ2) is 22.3. The van der Waals surface area contributed by atoms with E-state index in [0.717, 1.165) is 62.3 Å². The number of H-pyrrole nitrogens is 1. The van der Waals surface area contributed by atoms with E-state index in [9.17, 15) is 24.3 Å². The van der Waals surface area contributed by atoms with Gasteiger partial charge in [0.05, 0.1) is 0 Å². The summed E-state index contributed by atoms with van der Waals surface area (Å²) >= 11 is 0. The number of carbonyl (C=O) groups excluding carboxylic acids is 2. The number of nitrogens with one attached hydrogen (secondary N) is 3. The lowest BCUT2D eigenvalue weighted by Gasteiger charge is -2.24. The molecule has 1 aromatic heterocycles. The van der Waals surface area contributed by atoms with Crippen LogP contribution in [-0.2, 0) is 14.3 Å². The predicted octanol–water partition coefficient (Wildman–Crippen LogP) is 4.84. The van der Waals surface area contributed by atoms with Gasteiger partial charge in [0.1, 0.15) is 18.8 Å². The van der Waals surface area contributed by atoms with Crippen LogP contribution in [0.5, 0.6) is 0 Å². The molecule has 0 unspecified atom stereocenters. The number of aliphatic hydroxyl groups is 1. The molecule has 2 heterocycles. The first-order chi connectivity index (χ1) is 22.7. The molecule has 47 heavy (non-hydrogen) atoms. The minimum absolute atomic E-state index is 0.0920. The van der Waals surface area contributed by atoms with Crippen LogP contribution >= 0.6 is 0 Å². The smallest absolute Gasteiger partial charge is 0.407 e. The number of aromatic nitrogens is 2. The monoisotopic (exact) mass is 656 g/mol. The zero-order valence-corrected chi connectivity index (χ0v) is 27.3. The summed E-state index contributed by atoms with van der Waals surface area (Å²) in [4.78, 5) is 49.4. The zero-order chi connectivity index (χ0) is 34.3. The van der Waals surface area contributed by atoms with Crippen molar-refractivity contribution < 1.29 is 28.6 Å². The Bertz CT molecular complexity index is 1390. The molecule has 0 radical (unpaired) electrons. The van der Waals surface area contributed by atoms with Crippen molar-refractivity contribution in [1.29, 1.82) is 0 Å². The first-order valence-corrected chi connectivity index (χ1v) is 16.1. The molecular weight excluding hydrogens is 607 g/mol. The maximum atomic E-state index is 15.2. The van der Waals surface area contributed by atoms with Crippen LogP contribution in [0.2, 0.25) is 0 Å². The molecule has 258 valence electrons. The van der Waals surface area contributed by atoms with Gasteiger partial charge >= 0.3 is 11.8 Å². The molecule has 1 aliphatic rings. The number of allylic oxidation sites excluding steroid dienone is 12. The molecule has 0 spiro atoms. The zero-order valence-electron chi connectivity index (χ0n) is 27.3. The van der Waals surface area contributed by atoms with Crippen LogP contribution in [0.3, 0.4) is 0 Å². The number of nitrogens with zero attached hydrogens (tertiary/aromatic N) is 1. The molecule has 4 atom stereocenters. The number of halogens is 1. The third-order valence-electron chi connectivity index (χ3n) is 7.05. The summed E-state index contributed by atoms with van der Waals surface area (Å²) in [6, 6.07) is 1.02. The van der Waals surface area contributed by atoms with Crippen molar-refractivity contribution in [2.75, 3.05) is 19.7 Å². The summed E-state index contributed by atoms with van der Waals surface area (Å²) in [5.74, 6) is -0.159. The number of hydrogen-bond acceptors (Lipinski definition) is 7. The highest BCUT2D eigenvalue weighted by molar-refractivity contribution is 5.76. The minimum Gasteiger partial charge on any atom is -0.447 e. The molecule has 12 heteroatoms. The van der Waals surface area contributed by atoms with Gasteiger partial charge in [-0.1, -0.05) is 79.8 Å². The topological polar surface area (TPSA) is 152 Å². The van der Waals surface area contributed by atoms with Gasteiger partial charge in [-0.05, 0) is 51.9 Å². The third kappa shape index (κ3) is 15.2. The number of aliphatic hydroxyl groups excluding tert-OH is 1. The Morgan fingerprint density at radius 2 is 1.47 bits per heavy atom. The van der Waals surface area contributed by atoms with Crippen LogP contribution in [0.25, 0.3) is 0 Å². The number of alkyl halides is 1. The molecule has 1 aliphatic heterocycles. The second-order valence-corrected chi connectivity index (χ2v) is 11.0. The average molecular weight is 657 g/mol. The lowest BCUT2D eigenvalue weighted by atomic mass is 9.98. The minimum atomic E-state index is -2.40. The molecule has 11 nitrogen and oxygen atoms in total. The van der Waals surface area contributed by atoms with Gasteiger partial charge < -0.3 is 25.2 Å². The van der Waals surface area contributed by atoms with Crippen molar-refractivity contribution in [3.8, 4) is 0 Å². The quantitative estimate of drug-likeness (QED) is 0.116. The summed E-state index contributed by atoms with van der Waals surface area (Å²) in [6.45, 7) is 2.96. The van der Waals surface area contributed by atoms with E-state index in [0.29, 0.717) is 12.8 Å². The maximum absolute atomic E-state index is 15.2. The fraction of sp³-hybridized carbons (Fsp3) is 0.486. The second-order valence-electron chi connectivity index (χ2n) is 11.0. The Kier molecular flexibility index (Phi) is 18.4.